The molecule has 2 heterocycles. The number of amides is 1. The molecule has 0 aliphatic carbocycles. The largest absolute Gasteiger partial charge is 0.376 e. The minimum atomic E-state index is -0.0320. The smallest absolute Gasteiger partial charge is 0.231 e. The highest BCUT2D eigenvalue weighted by molar-refractivity contribution is 7.09. The number of carbonyl (C=O) groups is 1. The van der Waals surface area contributed by atoms with Gasteiger partial charge in [0.25, 0.3) is 0 Å². The van der Waals surface area contributed by atoms with E-state index < -0.39 is 0 Å². The quantitative estimate of drug-likeness (QED) is 0.905. The molecule has 2 atom stereocenters. The molecule has 5 nitrogen and oxygen atoms in total. The van der Waals surface area contributed by atoms with E-state index >= 15 is 0 Å². The third-order valence-electron chi connectivity index (χ3n) is 4.07. The number of nitrogens with zero attached hydrogens (tertiary/aromatic N) is 2. The lowest BCUT2D eigenvalue weighted by atomic mass is 10.2. The molecule has 2 aromatic rings. The van der Waals surface area contributed by atoms with Gasteiger partial charge < -0.3 is 10.1 Å². The van der Waals surface area contributed by atoms with Crippen molar-refractivity contribution in [1.29, 1.82) is 0 Å². The number of para-hydroxylation sites is 1. The monoisotopic (exact) mass is 345 g/mol. The Morgan fingerprint density at radius 2 is 2.17 bits per heavy atom. The number of hydrogen-bond donors (Lipinski definition) is 1. The molecule has 2 unspecified atom stereocenters. The van der Waals surface area contributed by atoms with Gasteiger partial charge in [-0.2, -0.15) is 0 Å². The maximum atomic E-state index is 12.1. The lowest BCUT2D eigenvalue weighted by molar-refractivity contribution is -0.115. The van der Waals surface area contributed by atoms with Crippen LogP contribution in [-0.4, -0.2) is 41.1 Å². The summed E-state index contributed by atoms with van der Waals surface area (Å²) >= 11 is 1.55. The van der Waals surface area contributed by atoms with Gasteiger partial charge in [-0.05, 0) is 26.0 Å². The minimum Gasteiger partial charge on any atom is -0.376 e. The van der Waals surface area contributed by atoms with Crippen LogP contribution in [0.1, 0.15) is 24.5 Å². The molecule has 1 fully saturated rings. The van der Waals surface area contributed by atoms with E-state index in [1.54, 1.807) is 11.3 Å². The third-order valence-corrected chi connectivity index (χ3v) is 4.97. The summed E-state index contributed by atoms with van der Waals surface area (Å²) < 4.78 is 5.66. The molecule has 1 amide bonds. The average Bonchev–Trinajstić information content (AvgIpc) is 2.99. The molecule has 0 spiro atoms. The standard InChI is InChI=1S/C18H23N3O2S/c1-13-11-23-14(2)9-21(13)10-16-12-24-18(20-16)8-17(22)19-15-6-4-3-5-7-15/h3-7,12-14H,8-11H2,1-2H3,(H,19,22). The normalized spacial score (nSPS) is 21.6. The van der Waals surface area contributed by atoms with Crippen LogP contribution in [0.15, 0.2) is 35.7 Å². The molecule has 6 heteroatoms. The van der Waals surface area contributed by atoms with Crippen LogP contribution in [0.5, 0.6) is 0 Å². The third kappa shape index (κ3) is 4.63. The first kappa shape index (κ1) is 17.1. The second-order valence-corrected chi connectivity index (χ2v) is 7.19. The molecule has 1 aromatic carbocycles. The molecular weight excluding hydrogens is 322 g/mol. The lowest BCUT2D eigenvalue weighted by Crippen LogP contribution is -2.46. The number of rotatable bonds is 5. The number of aromatic nitrogens is 1. The van der Waals surface area contributed by atoms with Crippen molar-refractivity contribution in [2.24, 2.45) is 0 Å². The van der Waals surface area contributed by atoms with Gasteiger partial charge >= 0.3 is 0 Å². The summed E-state index contributed by atoms with van der Waals surface area (Å²) in [5.41, 5.74) is 1.85. The molecule has 128 valence electrons. The number of benzene rings is 1. The molecular formula is C18H23N3O2S. The average molecular weight is 345 g/mol. The first-order valence-electron chi connectivity index (χ1n) is 8.24. The fourth-order valence-corrected chi connectivity index (χ4v) is 3.55. The van der Waals surface area contributed by atoms with Crippen LogP contribution in [0.4, 0.5) is 5.69 Å². The zero-order chi connectivity index (χ0) is 16.9. The van der Waals surface area contributed by atoms with E-state index in [0.717, 1.165) is 36.1 Å². The van der Waals surface area contributed by atoms with E-state index in [1.807, 2.05) is 30.3 Å². The van der Waals surface area contributed by atoms with Gasteiger partial charge in [0.15, 0.2) is 0 Å². The van der Waals surface area contributed by atoms with Crippen molar-refractivity contribution in [3.63, 3.8) is 0 Å². The van der Waals surface area contributed by atoms with Crippen LogP contribution in [-0.2, 0) is 22.5 Å². The van der Waals surface area contributed by atoms with Crippen LogP contribution in [0.25, 0.3) is 0 Å². The van der Waals surface area contributed by atoms with Gasteiger partial charge in [0.05, 0.1) is 24.8 Å². The maximum Gasteiger partial charge on any atom is 0.231 e. The number of nitrogens with one attached hydrogen (secondary N) is 1. The van der Waals surface area contributed by atoms with Gasteiger partial charge in [0.2, 0.25) is 5.91 Å². The van der Waals surface area contributed by atoms with Crippen molar-refractivity contribution in [3.05, 3.63) is 46.4 Å². The highest BCUT2D eigenvalue weighted by atomic mass is 32.1. The summed E-state index contributed by atoms with van der Waals surface area (Å²) in [6.07, 6.45) is 0.574. The van der Waals surface area contributed by atoms with Gasteiger partial charge in [-0.3, -0.25) is 9.69 Å². The van der Waals surface area contributed by atoms with E-state index in [-0.39, 0.29) is 12.0 Å². The Bertz CT molecular complexity index is 674. The van der Waals surface area contributed by atoms with Crippen molar-refractivity contribution in [2.45, 2.75) is 39.0 Å². The van der Waals surface area contributed by atoms with Gasteiger partial charge in [-0.15, -0.1) is 11.3 Å². The summed E-state index contributed by atoms with van der Waals surface area (Å²) in [6.45, 7) is 6.76. The molecule has 3 rings (SSSR count). The summed E-state index contributed by atoms with van der Waals surface area (Å²) in [7, 11) is 0. The molecule has 0 saturated carbocycles. The van der Waals surface area contributed by atoms with Crippen LogP contribution in [0.2, 0.25) is 0 Å². The predicted molar refractivity (Wildman–Crippen MR) is 96.2 cm³/mol. The van der Waals surface area contributed by atoms with Crippen LogP contribution in [0, 0.1) is 0 Å². The second kappa shape index (κ2) is 7.88. The molecule has 1 aliphatic heterocycles. The Kier molecular flexibility index (Phi) is 5.60. The number of ether oxygens (including phenoxy) is 1. The van der Waals surface area contributed by atoms with Gasteiger partial charge in [0.1, 0.15) is 5.01 Å². The highest BCUT2D eigenvalue weighted by Crippen LogP contribution is 2.18. The van der Waals surface area contributed by atoms with E-state index in [0.29, 0.717) is 12.5 Å². The summed E-state index contributed by atoms with van der Waals surface area (Å²) in [6, 6.07) is 9.89. The van der Waals surface area contributed by atoms with Crippen molar-refractivity contribution in [2.75, 3.05) is 18.5 Å². The number of hydrogen-bond acceptors (Lipinski definition) is 5. The molecule has 1 saturated heterocycles. The van der Waals surface area contributed by atoms with Crippen molar-refractivity contribution in [1.82, 2.24) is 9.88 Å². The Morgan fingerprint density at radius 1 is 1.38 bits per heavy atom. The topological polar surface area (TPSA) is 54.5 Å². The van der Waals surface area contributed by atoms with Crippen molar-refractivity contribution >= 4 is 22.9 Å². The predicted octanol–water partition coefficient (Wildman–Crippen LogP) is 2.93. The van der Waals surface area contributed by atoms with Gasteiger partial charge in [-0.1, -0.05) is 18.2 Å². The molecule has 1 aliphatic rings. The summed E-state index contributed by atoms with van der Waals surface area (Å²) in [5.74, 6) is -0.0320. The fraction of sp³-hybridized carbons (Fsp3) is 0.444. The zero-order valence-electron chi connectivity index (χ0n) is 14.1. The first-order chi connectivity index (χ1) is 11.6. The van der Waals surface area contributed by atoms with Gasteiger partial charge in [-0.25, -0.2) is 4.98 Å². The Hall–Kier alpha value is -1.76. The van der Waals surface area contributed by atoms with E-state index in [9.17, 15) is 4.79 Å². The lowest BCUT2D eigenvalue weighted by Gasteiger charge is -2.36. The molecule has 0 bridgehead atoms. The highest BCUT2D eigenvalue weighted by Gasteiger charge is 2.24. The van der Waals surface area contributed by atoms with Crippen LogP contribution >= 0.6 is 11.3 Å². The van der Waals surface area contributed by atoms with E-state index in [4.69, 9.17) is 4.74 Å². The first-order valence-corrected chi connectivity index (χ1v) is 9.12. The van der Waals surface area contributed by atoms with Crippen LogP contribution in [0.3, 0.4) is 0 Å². The molecule has 1 N–H and O–H groups in total. The summed E-state index contributed by atoms with van der Waals surface area (Å²) in [5, 5.41) is 5.80. The van der Waals surface area contributed by atoms with E-state index in [1.165, 1.54) is 0 Å². The number of carbonyl (C=O) groups excluding carboxylic acids is 1. The Balaban J connectivity index is 1.54. The molecule has 1 aromatic heterocycles. The second-order valence-electron chi connectivity index (χ2n) is 6.25. The molecule has 0 radical (unpaired) electrons. The number of morpholine rings is 1. The number of anilines is 1. The van der Waals surface area contributed by atoms with E-state index in [2.05, 4.69) is 34.4 Å². The fourth-order valence-electron chi connectivity index (χ4n) is 2.77. The van der Waals surface area contributed by atoms with Gasteiger partial charge in [0, 0.05) is 30.2 Å². The maximum absolute atomic E-state index is 12.1. The minimum absolute atomic E-state index is 0.0320. The van der Waals surface area contributed by atoms with Crippen LogP contribution < -0.4 is 5.32 Å². The Labute approximate surface area is 146 Å². The summed E-state index contributed by atoms with van der Waals surface area (Å²) in [4.78, 5) is 19.1. The molecule has 24 heavy (non-hydrogen) atoms. The zero-order valence-corrected chi connectivity index (χ0v) is 14.9. The number of thiazole rings is 1. The van der Waals surface area contributed by atoms with Crippen molar-refractivity contribution in [3.8, 4) is 0 Å². The Morgan fingerprint density at radius 3 is 2.96 bits per heavy atom. The van der Waals surface area contributed by atoms with Crippen molar-refractivity contribution < 1.29 is 9.53 Å². The SMILES string of the molecule is CC1CN(Cc2csc(CC(=O)Nc3ccccc3)n2)C(C)CO1.